The fraction of sp³-hybridized carbons (Fsp3) is 0.214. The Kier molecular flexibility index (Phi) is 4.08. The molecule has 0 bridgehead atoms. The molecule has 106 valence electrons. The molecule has 1 aromatic carbocycles. The van der Waals surface area contributed by atoms with Gasteiger partial charge in [-0.3, -0.25) is 4.79 Å². The second kappa shape index (κ2) is 5.47. The molecule has 0 unspecified atom stereocenters. The highest BCUT2D eigenvalue weighted by Crippen LogP contribution is 2.23. The predicted molar refractivity (Wildman–Crippen MR) is 79.6 cm³/mol. The highest BCUT2D eigenvalue weighted by molar-refractivity contribution is 7.89. The van der Waals surface area contributed by atoms with Crippen LogP contribution in [-0.4, -0.2) is 14.2 Å². The molecule has 0 saturated heterocycles. The van der Waals surface area contributed by atoms with Crippen molar-refractivity contribution in [2.45, 2.75) is 25.2 Å². The molecule has 0 spiro atoms. The average Bonchev–Trinajstić information content (AvgIpc) is 2.82. The maximum Gasteiger partial charge on any atom is 0.239 e. The smallest absolute Gasteiger partial charge is 0.239 e. The van der Waals surface area contributed by atoms with Crippen LogP contribution < -0.4 is 5.14 Å². The molecule has 4 nitrogen and oxygen atoms in total. The normalized spacial score (nSPS) is 11.6. The van der Waals surface area contributed by atoms with Gasteiger partial charge in [-0.25, -0.2) is 13.6 Å². The van der Waals surface area contributed by atoms with Gasteiger partial charge in [-0.05, 0) is 36.4 Å². The molecule has 0 saturated carbocycles. The zero-order chi connectivity index (χ0) is 14.9. The Balaban J connectivity index is 2.34. The van der Waals surface area contributed by atoms with Crippen LogP contribution in [-0.2, 0) is 16.4 Å². The molecule has 2 rings (SSSR count). The van der Waals surface area contributed by atoms with Crippen LogP contribution in [0.3, 0.4) is 0 Å². The van der Waals surface area contributed by atoms with Crippen LogP contribution in [0.5, 0.6) is 0 Å². The molecule has 0 aliphatic rings. The van der Waals surface area contributed by atoms with Crippen LogP contribution in [0, 0.1) is 13.8 Å². The summed E-state index contributed by atoms with van der Waals surface area (Å²) in [5, 5.41) is 6.68. The third kappa shape index (κ3) is 3.15. The number of thiophene rings is 1. The Bertz CT molecular complexity index is 760. The highest BCUT2D eigenvalue weighted by Gasteiger charge is 2.21. The van der Waals surface area contributed by atoms with Gasteiger partial charge in [0.25, 0.3) is 0 Å². The molecule has 0 amide bonds. The van der Waals surface area contributed by atoms with Crippen LogP contribution in [0.1, 0.15) is 26.4 Å². The summed E-state index contributed by atoms with van der Waals surface area (Å²) >= 11 is 1.11. The summed E-state index contributed by atoms with van der Waals surface area (Å²) in [7, 11) is -3.86. The monoisotopic (exact) mass is 309 g/mol. The van der Waals surface area contributed by atoms with E-state index in [0.717, 1.165) is 28.0 Å². The largest absolute Gasteiger partial charge is 0.293 e. The predicted octanol–water partition coefficient (Wildman–Crippen LogP) is 2.44. The number of carbonyl (C=O) groups is 1. The van der Waals surface area contributed by atoms with Gasteiger partial charge in [0, 0.05) is 6.42 Å². The zero-order valence-corrected chi connectivity index (χ0v) is 12.8. The number of sulfonamides is 1. The van der Waals surface area contributed by atoms with E-state index < -0.39 is 10.0 Å². The van der Waals surface area contributed by atoms with Crippen molar-refractivity contribution in [3.8, 4) is 0 Å². The minimum Gasteiger partial charge on any atom is -0.293 e. The van der Waals surface area contributed by atoms with Gasteiger partial charge >= 0.3 is 0 Å². The summed E-state index contributed by atoms with van der Waals surface area (Å²) in [5.74, 6) is -0.224. The van der Waals surface area contributed by atoms with Gasteiger partial charge in [-0.15, -0.1) is 11.3 Å². The van der Waals surface area contributed by atoms with E-state index in [2.05, 4.69) is 0 Å². The SMILES string of the molecule is Cc1ccc(C)c(CC(=O)c2sccc2S(N)(=O)=O)c1. The molecule has 0 aliphatic heterocycles. The summed E-state index contributed by atoms with van der Waals surface area (Å²) in [6, 6.07) is 7.24. The summed E-state index contributed by atoms with van der Waals surface area (Å²) in [5.41, 5.74) is 2.98. The minimum absolute atomic E-state index is 0.0854. The summed E-state index contributed by atoms with van der Waals surface area (Å²) < 4.78 is 22.8. The van der Waals surface area contributed by atoms with Crippen LogP contribution in [0.2, 0.25) is 0 Å². The number of primary sulfonamides is 1. The van der Waals surface area contributed by atoms with Gasteiger partial charge in [0.15, 0.2) is 5.78 Å². The number of nitrogens with two attached hydrogens (primary N) is 1. The van der Waals surface area contributed by atoms with E-state index in [4.69, 9.17) is 5.14 Å². The zero-order valence-electron chi connectivity index (χ0n) is 11.2. The van der Waals surface area contributed by atoms with Crippen LogP contribution in [0.25, 0.3) is 0 Å². The van der Waals surface area contributed by atoms with Crippen LogP contribution >= 0.6 is 11.3 Å². The molecular formula is C14H15NO3S2. The first-order chi connectivity index (χ1) is 9.29. The van der Waals surface area contributed by atoms with E-state index >= 15 is 0 Å². The van der Waals surface area contributed by atoms with Crippen LogP contribution in [0.4, 0.5) is 0 Å². The van der Waals surface area contributed by atoms with Crippen molar-refractivity contribution < 1.29 is 13.2 Å². The first-order valence-electron chi connectivity index (χ1n) is 5.98. The molecule has 0 fully saturated rings. The van der Waals surface area contributed by atoms with Crippen molar-refractivity contribution in [2.24, 2.45) is 5.14 Å². The molecule has 6 heteroatoms. The third-order valence-corrected chi connectivity index (χ3v) is 5.08. The maximum absolute atomic E-state index is 12.3. The van der Waals surface area contributed by atoms with Gasteiger partial charge < -0.3 is 0 Å². The fourth-order valence-corrected chi connectivity index (χ4v) is 3.91. The van der Waals surface area contributed by atoms with Crippen molar-refractivity contribution in [3.05, 3.63) is 51.2 Å². The van der Waals surface area contributed by atoms with Crippen LogP contribution in [0.15, 0.2) is 34.5 Å². The maximum atomic E-state index is 12.3. The molecule has 1 heterocycles. The standard InChI is InChI=1S/C14H15NO3S2/c1-9-3-4-10(2)11(7-9)8-12(16)14-13(5-6-19-14)20(15,17)18/h3-7H,8H2,1-2H3,(H2,15,17,18). The summed E-state index contributed by atoms with van der Waals surface area (Å²) in [4.78, 5) is 12.4. The van der Waals surface area contributed by atoms with E-state index in [0.29, 0.717) is 0 Å². The molecule has 0 atom stereocenters. The van der Waals surface area contributed by atoms with Gasteiger partial charge in [-0.2, -0.15) is 0 Å². The molecule has 1 aromatic heterocycles. The Morgan fingerprint density at radius 2 is 1.95 bits per heavy atom. The van der Waals surface area contributed by atoms with E-state index in [-0.39, 0.29) is 22.0 Å². The number of Topliss-reactive ketones (excluding diaryl/α,β-unsaturated/α-hetero) is 1. The van der Waals surface area contributed by atoms with Gasteiger partial charge in [0.1, 0.15) is 4.90 Å². The van der Waals surface area contributed by atoms with E-state index in [1.54, 1.807) is 5.38 Å². The Morgan fingerprint density at radius 3 is 2.60 bits per heavy atom. The number of hydrogen-bond donors (Lipinski definition) is 1. The number of rotatable bonds is 4. The number of carbonyl (C=O) groups excluding carboxylic acids is 1. The lowest BCUT2D eigenvalue weighted by atomic mass is 10.0. The quantitative estimate of drug-likeness (QED) is 0.881. The molecule has 2 aromatic rings. The van der Waals surface area contributed by atoms with Gasteiger partial charge in [0.2, 0.25) is 10.0 Å². The highest BCUT2D eigenvalue weighted by atomic mass is 32.2. The molecule has 20 heavy (non-hydrogen) atoms. The Morgan fingerprint density at radius 1 is 1.25 bits per heavy atom. The Labute approximate surface area is 122 Å². The average molecular weight is 309 g/mol. The fourth-order valence-electron chi connectivity index (χ4n) is 1.97. The topological polar surface area (TPSA) is 77.2 Å². The summed E-state index contributed by atoms with van der Waals surface area (Å²) in [6.45, 7) is 3.88. The van der Waals surface area contributed by atoms with Crippen molar-refractivity contribution in [1.29, 1.82) is 0 Å². The van der Waals surface area contributed by atoms with Crippen molar-refractivity contribution in [3.63, 3.8) is 0 Å². The molecule has 2 N–H and O–H groups in total. The van der Waals surface area contributed by atoms with Gasteiger partial charge in [-0.1, -0.05) is 23.8 Å². The minimum atomic E-state index is -3.86. The Hall–Kier alpha value is -1.50. The number of aryl methyl sites for hydroxylation is 2. The van der Waals surface area contributed by atoms with Gasteiger partial charge in [0.05, 0.1) is 4.88 Å². The van der Waals surface area contributed by atoms with Crippen molar-refractivity contribution >= 4 is 27.1 Å². The second-order valence-electron chi connectivity index (χ2n) is 4.69. The number of hydrogen-bond acceptors (Lipinski definition) is 4. The second-order valence-corrected chi connectivity index (χ2v) is 7.13. The lowest BCUT2D eigenvalue weighted by molar-refractivity contribution is 0.0994. The van der Waals surface area contributed by atoms with E-state index in [9.17, 15) is 13.2 Å². The van der Waals surface area contributed by atoms with Crippen molar-refractivity contribution in [1.82, 2.24) is 0 Å². The molecule has 0 radical (unpaired) electrons. The molecular weight excluding hydrogens is 294 g/mol. The number of benzene rings is 1. The first-order valence-corrected chi connectivity index (χ1v) is 8.41. The summed E-state index contributed by atoms with van der Waals surface area (Å²) in [6.07, 6.45) is 0.177. The van der Waals surface area contributed by atoms with E-state index in [1.165, 1.54) is 6.07 Å². The number of ketones is 1. The first kappa shape index (κ1) is 14.9. The van der Waals surface area contributed by atoms with Crippen molar-refractivity contribution in [2.75, 3.05) is 0 Å². The lowest BCUT2D eigenvalue weighted by Crippen LogP contribution is -2.15. The third-order valence-electron chi connectivity index (χ3n) is 3.04. The lowest BCUT2D eigenvalue weighted by Gasteiger charge is -2.06. The van der Waals surface area contributed by atoms with E-state index in [1.807, 2.05) is 32.0 Å². The molecule has 0 aliphatic carbocycles.